The molecule has 1 N–H and O–H groups in total. The number of fused-ring (bicyclic) bond motifs is 1. The number of ether oxygens (including phenoxy) is 2. The molecule has 26 heavy (non-hydrogen) atoms. The third kappa shape index (κ3) is 3.66. The fraction of sp³-hybridized carbons (Fsp3) is 0.294. The van der Waals surface area contributed by atoms with E-state index in [0.717, 1.165) is 17.7 Å². The van der Waals surface area contributed by atoms with Crippen molar-refractivity contribution < 1.29 is 27.6 Å². The molecular formula is C17H15F3N2O4. The first-order chi connectivity index (χ1) is 12.3. The Balaban J connectivity index is 1.87. The summed E-state index contributed by atoms with van der Waals surface area (Å²) >= 11 is 0. The fourth-order valence-electron chi connectivity index (χ4n) is 2.63. The van der Waals surface area contributed by atoms with Crippen molar-refractivity contribution in [1.82, 2.24) is 0 Å². The zero-order chi connectivity index (χ0) is 18.9. The lowest BCUT2D eigenvalue weighted by atomic mass is 10.1. The third-order valence-corrected chi connectivity index (χ3v) is 3.96. The molecule has 1 aliphatic heterocycles. The molecule has 0 unspecified atom stereocenters. The summed E-state index contributed by atoms with van der Waals surface area (Å²) in [6.45, 7) is 2.62. The maximum Gasteiger partial charge on any atom is 0.416 e. The van der Waals surface area contributed by atoms with Gasteiger partial charge in [0.25, 0.3) is 5.69 Å². The van der Waals surface area contributed by atoms with Crippen LogP contribution in [0.2, 0.25) is 0 Å². The van der Waals surface area contributed by atoms with Gasteiger partial charge in [-0.2, -0.15) is 13.2 Å². The number of anilines is 1. The van der Waals surface area contributed by atoms with E-state index >= 15 is 0 Å². The van der Waals surface area contributed by atoms with Crippen molar-refractivity contribution in [2.24, 2.45) is 0 Å². The number of nitrogens with one attached hydrogen (secondary N) is 1. The molecule has 0 saturated heterocycles. The van der Waals surface area contributed by atoms with Crippen LogP contribution >= 0.6 is 0 Å². The van der Waals surface area contributed by atoms with Crippen LogP contribution in [-0.2, 0) is 6.18 Å². The molecule has 0 spiro atoms. The van der Waals surface area contributed by atoms with Gasteiger partial charge >= 0.3 is 6.18 Å². The van der Waals surface area contributed by atoms with Crippen molar-refractivity contribution in [3.63, 3.8) is 0 Å². The summed E-state index contributed by atoms with van der Waals surface area (Å²) in [5, 5.41) is 14.1. The van der Waals surface area contributed by atoms with Crippen LogP contribution in [0.15, 0.2) is 36.4 Å². The van der Waals surface area contributed by atoms with E-state index in [0.29, 0.717) is 30.8 Å². The highest BCUT2D eigenvalue weighted by molar-refractivity contribution is 5.64. The summed E-state index contributed by atoms with van der Waals surface area (Å²) in [4.78, 5) is 10.3. The molecule has 0 aromatic heterocycles. The van der Waals surface area contributed by atoms with Gasteiger partial charge in [0, 0.05) is 12.1 Å². The van der Waals surface area contributed by atoms with Gasteiger partial charge in [0.2, 0.25) is 0 Å². The summed E-state index contributed by atoms with van der Waals surface area (Å²) in [6, 6.07) is 7.23. The van der Waals surface area contributed by atoms with Crippen molar-refractivity contribution in [2.75, 3.05) is 18.5 Å². The summed E-state index contributed by atoms with van der Waals surface area (Å²) < 4.78 is 49.3. The summed E-state index contributed by atoms with van der Waals surface area (Å²) in [5.41, 5.74) is -0.945. The fourth-order valence-corrected chi connectivity index (χ4v) is 2.63. The molecule has 3 rings (SSSR count). The highest BCUT2D eigenvalue weighted by atomic mass is 19.4. The summed E-state index contributed by atoms with van der Waals surface area (Å²) in [6.07, 6.45) is -4.65. The van der Waals surface area contributed by atoms with Gasteiger partial charge in [-0.25, -0.2) is 0 Å². The first kappa shape index (κ1) is 17.8. The van der Waals surface area contributed by atoms with Crippen molar-refractivity contribution in [3.05, 3.63) is 57.6 Å². The second kappa shape index (κ2) is 6.74. The van der Waals surface area contributed by atoms with E-state index in [1.54, 1.807) is 25.1 Å². The first-order valence-electron chi connectivity index (χ1n) is 7.77. The zero-order valence-electron chi connectivity index (χ0n) is 13.7. The minimum Gasteiger partial charge on any atom is -0.486 e. The minimum absolute atomic E-state index is 0.00499. The maximum absolute atomic E-state index is 12.8. The highest BCUT2D eigenvalue weighted by Gasteiger charge is 2.33. The Labute approximate surface area is 146 Å². The van der Waals surface area contributed by atoms with Crippen LogP contribution < -0.4 is 14.8 Å². The number of rotatable bonds is 4. The largest absolute Gasteiger partial charge is 0.486 e. The molecular weight excluding hydrogens is 353 g/mol. The maximum atomic E-state index is 12.8. The molecule has 0 amide bonds. The van der Waals surface area contributed by atoms with Crippen LogP contribution in [0.1, 0.15) is 24.1 Å². The first-order valence-corrected chi connectivity index (χ1v) is 7.77. The zero-order valence-corrected chi connectivity index (χ0v) is 13.7. The van der Waals surface area contributed by atoms with E-state index in [1.807, 2.05) is 0 Å². The number of nitro benzene ring substituents is 1. The number of halogens is 3. The smallest absolute Gasteiger partial charge is 0.416 e. The Bertz CT molecular complexity index is 839. The van der Waals surface area contributed by atoms with Crippen LogP contribution in [0.4, 0.5) is 24.5 Å². The van der Waals surface area contributed by atoms with Crippen molar-refractivity contribution in [3.8, 4) is 11.5 Å². The predicted molar refractivity (Wildman–Crippen MR) is 87.6 cm³/mol. The Morgan fingerprint density at radius 1 is 1.12 bits per heavy atom. The molecule has 9 heteroatoms. The van der Waals surface area contributed by atoms with E-state index in [9.17, 15) is 23.3 Å². The van der Waals surface area contributed by atoms with Gasteiger partial charge < -0.3 is 14.8 Å². The number of hydrogen-bond acceptors (Lipinski definition) is 5. The number of benzene rings is 2. The molecule has 138 valence electrons. The molecule has 2 aromatic rings. The topological polar surface area (TPSA) is 73.6 Å². The standard InChI is InChI=1S/C17H15F3N2O4/c1-10(11-2-5-15-16(8-11)26-7-6-25-15)21-13-4-3-12(17(18,19)20)9-14(13)22(23)24/h2-5,8-10,21H,6-7H2,1H3/t10-/m1/s1. The normalized spacial score (nSPS) is 14.6. The van der Waals surface area contributed by atoms with Crippen LogP contribution in [-0.4, -0.2) is 18.1 Å². The van der Waals surface area contributed by atoms with Crippen LogP contribution in [0, 0.1) is 10.1 Å². The second-order valence-corrected chi connectivity index (χ2v) is 5.76. The molecule has 1 atom stereocenters. The SMILES string of the molecule is C[C@@H](Nc1ccc(C(F)(F)F)cc1[N+](=O)[O-])c1ccc2c(c1)OCCO2. The van der Waals surface area contributed by atoms with Gasteiger partial charge in [0.1, 0.15) is 18.9 Å². The molecule has 1 aliphatic rings. The van der Waals surface area contributed by atoms with Gasteiger partial charge in [-0.3, -0.25) is 10.1 Å². The van der Waals surface area contributed by atoms with Gasteiger partial charge in [0.15, 0.2) is 11.5 Å². The Hall–Kier alpha value is -2.97. The Kier molecular flexibility index (Phi) is 4.62. The Morgan fingerprint density at radius 2 is 1.81 bits per heavy atom. The minimum atomic E-state index is -4.65. The molecule has 0 bridgehead atoms. The number of hydrogen-bond donors (Lipinski definition) is 1. The molecule has 1 heterocycles. The van der Waals surface area contributed by atoms with E-state index in [2.05, 4.69) is 5.32 Å². The lowest BCUT2D eigenvalue weighted by molar-refractivity contribution is -0.384. The van der Waals surface area contributed by atoms with E-state index in [4.69, 9.17) is 9.47 Å². The molecule has 0 fully saturated rings. The van der Waals surface area contributed by atoms with Crippen LogP contribution in [0.5, 0.6) is 11.5 Å². The quantitative estimate of drug-likeness (QED) is 0.633. The molecule has 0 aliphatic carbocycles. The van der Waals surface area contributed by atoms with Gasteiger partial charge in [-0.1, -0.05) is 6.07 Å². The van der Waals surface area contributed by atoms with Crippen LogP contribution in [0.3, 0.4) is 0 Å². The summed E-state index contributed by atoms with van der Waals surface area (Å²) in [5.74, 6) is 1.16. The lowest BCUT2D eigenvalue weighted by Crippen LogP contribution is -2.16. The van der Waals surface area contributed by atoms with Gasteiger partial charge in [-0.15, -0.1) is 0 Å². The van der Waals surface area contributed by atoms with Crippen molar-refractivity contribution in [1.29, 1.82) is 0 Å². The number of nitrogens with zero attached hydrogens (tertiary/aromatic N) is 1. The third-order valence-electron chi connectivity index (χ3n) is 3.96. The monoisotopic (exact) mass is 368 g/mol. The number of alkyl halides is 3. The molecule has 0 radical (unpaired) electrons. The van der Waals surface area contributed by atoms with E-state index < -0.39 is 28.4 Å². The van der Waals surface area contributed by atoms with Crippen molar-refractivity contribution >= 4 is 11.4 Å². The predicted octanol–water partition coefficient (Wildman–Crippen LogP) is 4.56. The van der Waals surface area contributed by atoms with Gasteiger partial charge in [0.05, 0.1) is 10.5 Å². The molecule has 0 saturated carbocycles. The van der Waals surface area contributed by atoms with Crippen molar-refractivity contribution in [2.45, 2.75) is 19.1 Å². The second-order valence-electron chi connectivity index (χ2n) is 5.76. The number of nitro groups is 1. The Morgan fingerprint density at radius 3 is 2.46 bits per heavy atom. The van der Waals surface area contributed by atoms with E-state index in [-0.39, 0.29) is 5.69 Å². The molecule has 2 aromatic carbocycles. The molecule has 6 nitrogen and oxygen atoms in total. The van der Waals surface area contributed by atoms with E-state index in [1.165, 1.54) is 0 Å². The highest BCUT2D eigenvalue weighted by Crippen LogP contribution is 2.37. The average Bonchev–Trinajstić information content (AvgIpc) is 2.60. The average molecular weight is 368 g/mol. The lowest BCUT2D eigenvalue weighted by Gasteiger charge is -2.21. The summed E-state index contributed by atoms with van der Waals surface area (Å²) in [7, 11) is 0. The van der Waals surface area contributed by atoms with Gasteiger partial charge in [-0.05, 0) is 36.8 Å². The van der Waals surface area contributed by atoms with Crippen LogP contribution in [0.25, 0.3) is 0 Å².